The topological polar surface area (TPSA) is 29.5 Å². The third-order valence-electron chi connectivity index (χ3n) is 1.50. The van der Waals surface area contributed by atoms with E-state index in [-0.39, 0.29) is 32.4 Å². The van der Waals surface area contributed by atoms with Crippen LogP contribution in [-0.2, 0) is 0 Å². The number of ether oxygens (including phenoxy) is 1. The summed E-state index contributed by atoms with van der Waals surface area (Å²) >= 11 is 23.2. The van der Waals surface area contributed by atoms with E-state index in [9.17, 15) is 0 Å². The molecule has 0 aliphatic heterocycles. The summed E-state index contributed by atoms with van der Waals surface area (Å²) in [7, 11) is 0. The second kappa shape index (κ2) is 5.46. The van der Waals surface area contributed by atoms with Crippen molar-refractivity contribution in [2.24, 2.45) is 0 Å². The van der Waals surface area contributed by atoms with E-state index in [4.69, 9.17) is 56.2 Å². The molecule has 1 aromatic rings. The van der Waals surface area contributed by atoms with Crippen molar-refractivity contribution < 1.29 is 9.84 Å². The minimum absolute atomic E-state index is 0.00594. The number of halogens is 4. The molecule has 0 spiro atoms. The molecule has 0 amide bonds. The molecule has 0 bridgehead atoms. The highest BCUT2D eigenvalue weighted by atomic mass is 35.5. The van der Waals surface area contributed by atoms with Crippen LogP contribution in [0.15, 0.2) is 6.07 Å². The second-order valence-electron chi connectivity index (χ2n) is 2.76. The zero-order valence-corrected chi connectivity index (χ0v) is 10.5. The van der Waals surface area contributed by atoms with E-state index in [0.29, 0.717) is 0 Å². The Kier molecular flexibility index (Phi) is 4.81. The van der Waals surface area contributed by atoms with Crippen LogP contribution in [0.4, 0.5) is 0 Å². The number of hydrogen-bond donors (Lipinski definition) is 1. The molecule has 0 fully saturated rings. The molecule has 0 saturated heterocycles. The molecule has 0 aliphatic rings. The van der Waals surface area contributed by atoms with Gasteiger partial charge in [-0.05, 0) is 6.92 Å². The molecule has 1 aromatic carbocycles. The van der Waals surface area contributed by atoms with E-state index < -0.39 is 6.10 Å². The monoisotopic (exact) mass is 287 g/mol. The van der Waals surface area contributed by atoms with E-state index in [0.717, 1.165) is 0 Å². The summed E-state index contributed by atoms with van der Waals surface area (Å²) in [5.41, 5.74) is 0. The highest BCUT2D eigenvalue weighted by molar-refractivity contribution is 6.52. The van der Waals surface area contributed by atoms with Crippen LogP contribution in [0, 0.1) is 6.92 Å². The molecule has 1 unspecified atom stereocenters. The Labute approximate surface area is 108 Å². The summed E-state index contributed by atoms with van der Waals surface area (Å²) in [4.78, 5) is 0. The highest BCUT2D eigenvalue weighted by Gasteiger charge is 2.14. The SMILES string of the molecule is [CH2]C(O)COc1cc(Cl)c(Cl)c(Cl)c1Cl. The van der Waals surface area contributed by atoms with Gasteiger partial charge in [0.05, 0.1) is 21.2 Å². The molecular weight excluding hydrogens is 282 g/mol. The van der Waals surface area contributed by atoms with Gasteiger partial charge in [0.15, 0.2) is 0 Å². The number of aliphatic hydroxyl groups is 1. The summed E-state index contributed by atoms with van der Waals surface area (Å²) in [6, 6.07) is 1.43. The van der Waals surface area contributed by atoms with Gasteiger partial charge in [0.2, 0.25) is 0 Å². The van der Waals surface area contributed by atoms with Gasteiger partial charge in [-0.2, -0.15) is 0 Å². The van der Waals surface area contributed by atoms with Gasteiger partial charge in [0.1, 0.15) is 17.4 Å². The molecule has 1 atom stereocenters. The summed E-state index contributed by atoms with van der Waals surface area (Å²) in [6.45, 7) is 3.34. The van der Waals surface area contributed by atoms with E-state index in [2.05, 4.69) is 6.92 Å². The smallest absolute Gasteiger partial charge is 0.141 e. The van der Waals surface area contributed by atoms with Gasteiger partial charge in [0.25, 0.3) is 0 Å². The molecule has 2 nitrogen and oxygen atoms in total. The molecule has 0 heterocycles. The third kappa shape index (κ3) is 3.30. The third-order valence-corrected chi connectivity index (χ3v) is 3.23. The lowest BCUT2D eigenvalue weighted by molar-refractivity contribution is 0.142. The Morgan fingerprint density at radius 2 is 1.80 bits per heavy atom. The fourth-order valence-electron chi connectivity index (χ4n) is 0.842. The van der Waals surface area contributed by atoms with Crippen molar-refractivity contribution in [2.45, 2.75) is 6.10 Å². The number of hydrogen-bond acceptors (Lipinski definition) is 2. The summed E-state index contributed by atoms with van der Waals surface area (Å²) in [5, 5.41) is 9.62. The first-order valence-corrected chi connectivity index (χ1v) is 5.41. The molecule has 0 aliphatic carbocycles. The van der Waals surface area contributed by atoms with Crippen LogP contribution in [0.25, 0.3) is 0 Å². The van der Waals surface area contributed by atoms with Crippen LogP contribution in [0.5, 0.6) is 5.75 Å². The Balaban J connectivity index is 2.99. The molecule has 1 N–H and O–H groups in total. The van der Waals surface area contributed by atoms with Crippen molar-refractivity contribution in [3.8, 4) is 5.75 Å². The lowest BCUT2D eigenvalue weighted by atomic mass is 10.3. The van der Waals surface area contributed by atoms with Crippen molar-refractivity contribution in [1.29, 1.82) is 0 Å². The summed E-state index contributed by atoms with van der Waals surface area (Å²) in [5.74, 6) is 0.263. The lowest BCUT2D eigenvalue weighted by Crippen LogP contribution is -2.13. The molecule has 0 saturated carbocycles. The van der Waals surface area contributed by atoms with Crippen LogP contribution in [0.2, 0.25) is 20.1 Å². The molecule has 6 heteroatoms. The quantitative estimate of drug-likeness (QED) is 0.676. The van der Waals surface area contributed by atoms with Gasteiger partial charge in [0, 0.05) is 6.07 Å². The highest BCUT2D eigenvalue weighted by Crippen LogP contribution is 2.41. The fourth-order valence-corrected chi connectivity index (χ4v) is 1.68. The van der Waals surface area contributed by atoms with Crippen molar-refractivity contribution in [2.75, 3.05) is 6.61 Å². The standard InChI is InChI=1S/C9H7Cl4O2/c1-4(14)3-15-6-2-5(10)7(11)9(13)8(6)12/h2,4,14H,1,3H2. The maximum Gasteiger partial charge on any atom is 0.141 e. The van der Waals surface area contributed by atoms with Gasteiger partial charge in [-0.1, -0.05) is 46.4 Å². The molecular formula is C9H7Cl4O2. The van der Waals surface area contributed by atoms with Crippen LogP contribution < -0.4 is 4.74 Å². The maximum atomic E-state index is 8.93. The Hall–Kier alpha value is 0.140. The first-order chi connectivity index (χ1) is 6.93. The number of aliphatic hydroxyl groups excluding tert-OH is 1. The average molecular weight is 289 g/mol. The van der Waals surface area contributed by atoms with Gasteiger partial charge < -0.3 is 9.84 Å². The second-order valence-corrected chi connectivity index (χ2v) is 4.30. The van der Waals surface area contributed by atoms with Crippen molar-refractivity contribution in [3.05, 3.63) is 33.1 Å². The molecule has 83 valence electrons. The Morgan fingerprint density at radius 1 is 1.20 bits per heavy atom. The number of benzene rings is 1. The van der Waals surface area contributed by atoms with Crippen molar-refractivity contribution in [1.82, 2.24) is 0 Å². The minimum Gasteiger partial charge on any atom is -0.489 e. The molecule has 15 heavy (non-hydrogen) atoms. The molecule has 0 aromatic heterocycles. The van der Waals surface area contributed by atoms with E-state index in [1.54, 1.807) is 0 Å². The van der Waals surface area contributed by atoms with Gasteiger partial charge in [-0.3, -0.25) is 0 Å². The van der Waals surface area contributed by atoms with Gasteiger partial charge in [-0.25, -0.2) is 0 Å². The normalized spacial score (nSPS) is 12.7. The predicted molar refractivity (Wildman–Crippen MR) is 63.3 cm³/mol. The fraction of sp³-hybridized carbons (Fsp3) is 0.222. The minimum atomic E-state index is -0.853. The van der Waals surface area contributed by atoms with Gasteiger partial charge in [-0.15, -0.1) is 0 Å². The number of rotatable bonds is 3. The van der Waals surface area contributed by atoms with Crippen molar-refractivity contribution in [3.63, 3.8) is 0 Å². The zero-order valence-electron chi connectivity index (χ0n) is 7.44. The van der Waals surface area contributed by atoms with Crippen LogP contribution in [0.3, 0.4) is 0 Å². The van der Waals surface area contributed by atoms with E-state index >= 15 is 0 Å². The predicted octanol–water partition coefficient (Wildman–Crippen LogP) is 3.87. The summed E-state index contributed by atoms with van der Waals surface area (Å²) < 4.78 is 5.14. The summed E-state index contributed by atoms with van der Waals surface area (Å²) in [6.07, 6.45) is -0.853. The van der Waals surface area contributed by atoms with Crippen LogP contribution in [-0.4, -0.2) is 17.8 Å². The zero-order chi connectivity index (χ0) is 11.6. The first-order valence-electron chi connectivity index (χ1n) is 3.90. The van der Waals surface area contributed by atoms with Crippen LogP contribution >= 0.6 is 46.4 Å². The van der Waals surface area contributed by atoms with E-state index in [1.807, 2.05) is 0 Å². The maximum absolute atomic E-state index is 8.93. The average Bonchev–Trinajstić information content (AvgIpc) is 2.18. The Morgan fingerprint density at radius 3 is 2.33 bits per heavy atom. The van der Waals surface area contributed by atoms with Gasteiger partial charge >= 0.3 is 0 Å². The van der Waals surface area contributed by atoms with E-state index in [1.165, 1.54) is 6.07 Å². The molecule has 1 rings (SSSR count). The first kappa shape index (κ1) is 13.2. The Bertz CT molecular complexity index is 366. The molecule has 1 radical (unpaired) electrons. The van der Waals surface area contributed by atoms with Crippen LogP contribution in [0.1, 0.15) is 0 Å². The van der Waals surface area contributed by atoms with Crippen molar-refractivity contribution >= 4 is 46.4 Å². The lowest BCUT2D eigenvalue weighted by Gasteiger charge is -2.12. The largest absolute Gasteiger partial charge is 0.489 e.